The molecule has 0 radical (unpaired) electrons. The van der Waals surface area contributed by atoms with Crippen molar-refractivity contribution in [3.63, 3.8) is 0 Å². The number of amides is 1. The lowest BCUT2D eigenvalue weighted by atomic mass is 10.0. The molecule has 1 aliphatic rings. The Morgan fingerprint density at radius 3 is 2.61 bits per heavy atom. The van der Waals surface area contributed by atoms with Gasteiger partial charge in [-0.2, -0.15) is 0 Å². The lowest BCUT2D eigenvalue weighted by Gasteiger charge is -2.20. The van der Waals surface area contributed by atoms with E-state index < -0.39 is 0 Å². The maximum atomic E-state index is 13.1. The van der Waals surface area contributed by atoms with Gasteiger partial charge in [-0.25, -0.2) is 4.39 Å². The second-order valence-corrected chi connectivity index (χ2v) is 6.07. The van der Waals surface area contributed by atoms with E-state index in [1.165, 1.54) is 12.1 Å². The Bertz CT molecular complexity index is 684. The zero-order valence-corrected chi connectivity index (χ0v) is 13.0. The summed E-state index contributed by atoms with van der Waals surface area (Å²) in [5.41, 5.74) is 8.47. The standard InChI is InChI=1S/C19H21FN2O/c20-17-8-6-14(7-9-17)15-3-1-4-16(13-15)19(23)22-11-2-5-18(21)10-12-22/h1,3-4,6-9,13,18H,2,5,10-12,21H2. The zero-order chi connectivity index (χ0) is 16.2. The number of nitrogens with zero attached hydrogens (tertiary/aromatic N) is 1. The van der Waals surface area contributed by atoms with E-state index in [0.29, 0.717) is 12.1 Å². The number of hydrogen-bond donors (Lipinski definition) is 1. The van der Waals surface area contributed by atoms with Gasteiger partial charge >= 0.3 is 0 Å². The van der Waals surface area contributed by atoms with Gasteiger partial charge in [0.25, 0.3) is 5.91 Å². The van der Waals surface area contributed by atoms with Crippen LogP contribution in [0.25, 0.3) is 11.1 Å². The predicted octanol–water partition coefficient (Wildman–Crippen LogP) is 3.45. The molecule has 1 atom stereocenters. The first kappa shape index (κ1) is 15.7. The van der Waals surface area contributed by atoms with Gasteiger partial charge in [-0.1, -0.05) is 24.3 Å². The minimum absolute atomic E-state index is 0.0445. The molecule has 1 amide bonds. The molecule has 0 saturated carbocycles. The third-order valence-corrected chi connectivity index (χ3v) is 4.35. The van der Waals surface area contributed by atoms with Crippen LogP contribution in [0, 0.1) is 5.82 Å². The summed E-state index contributed by atoms with van der Waals surface area (Å²) < 4.78 is 13.1. The highest BCUT2D eigenvalue weighted by Gasteiger charge is 2.20. The predicted molar refractivity (Wildman–Crippen MR) is 89.6 cm³/mol. The minimum Gasteiger partial charge on any atom is -0.339 e. The van der Waals surface area contributed by atoms with Crippen LogP contribution >= 0.6 is 0 Å². The van der Waals surface area contributed by atoms with Crippen LogP contribution in [0.15, 0.2) is 48.5 Å². The van der Waals surface area contributed by atoms with Crippen LogP contribution in [0.4, 0.5) is 4.39 Å². The summed E-state index contributed by atoms with van der Waals surface area (Å²) in [6.07, 6.45) is 2.77. The molecule has 0 spiro atoms. The Morgan fingerprint density at radius 2 is 1.83 bits per heavy atom. The Labute approximate surface area is 135 Å². The van der Waals surface area contributed by atoms with Crippen LogP contribution in [-0.4, -0.2) is 29.9 Å². The van der Waals surface area contributed by atoms with E-state index in [-0.39, 0.29) is 17.8 Å². The molecule has 23 heavy (non-hydrogen) atoms. The summed E-state index contributed by atoms with van der Waals surface area (Å²) in [7, 11) is 0. The van der Waals surface area contributed by atoms with Crippen molar-refractivity contribution in [1.82, 2.24) is 4.90 Å². The summed E-state index contributed by atoms with van der Waals surface area (Å²) in [4.78, 5) is 14.6. The highest BCUT2D eigenvalue weighted by Crippen LogP contribution is 2.22. The first-order valence-electron chi connectivity index (χ1n) is 8.04. The summed E-state index contributed by atoms with van der Waals surface area (Å²) in [6.45, 7) is 1.47. The van der Waals surface area contributed by atoms with E-state index in [9.17, 15) is 9.18 Å². The fraction of sp³-hybridized carbons (Fsp3) is 0.316. The van der Waals surface area contributed by atoms with Crippen LogP contribution in [-0.2, 0) is 0 Å². The van der Waals surface area contributed by atoms with Crippen LogP contribution in [0.3, 0.4) is 0 Å². The molecule has 120 valence electrons. The van der Waals surface area contributed by atoms with E-state index in [1.807, 2.05) is 29.2 Å². The number of carbonyl (C=O) groups is 1. The van der Waals surface area contributed by atoms with Crippen molar-refractivity contribution in [3.8, 4) is 11.1 Å². The van der Waals surface area contributed by atoms with E-state index in [4.69, 9.17) is 5.73 Å². The fourth-order valence-corrected chi connectivity index (χ4v) is 2.98. The third kappa shape index (κ3) is 3.77. The van der Waals surface area contributed by atoms with E-state index >= 15 is 0 Å². The van der Waals surface area contributed by atoms with Gasteiger partial charge in [0.1, 0.15) is 5.82 Å². The molecular formula is C19H21FN2O. The molecule has 1 saturated heterocycles. The molecule has 2 N–H and O–H groups in total. The van der Waals surface area contributed by atoms with E-state index in [2.05, 4.69) is 0 Å². The molecule has 1 unspecified atom stereocenters. The first-order valence-corrected chi connectivity index (χ1v) is 8.04. The molecule has 2 aromatic carbocycles. The van der Waals surface area contributed by atoms with Crippen molar-refractivity contribution in [2.45, 2.75) is 25.3 Å². The molecule has 3 nitrogen and oxygen atoms in total. The number of carbonyl (C=O) groups excluding carboxylic acids is 1. The Kier molecular flexibility index (Phi) is 4.72. The Balaban J connectivity index is 1.81. The molecule has 0 aliphatic carbocycles. The van der Waals surface area contributed by atoms with Gasteiger partial charge in [0.05, 0.1) is 0 Å². The summed E-state index contributed by atoms with van der Waals surface area (Å²) in [6, 6.07) is 14.0. The lowest BCUT2D eigenvalue weighted by Crippen LogP contribution is -2.32. The monoisotopic (exact) mass is 312 g/mol. The Hall–Kier alpha value is -2.20. The van der Waals surface area contributed by atoms with Crippen LogP contribution in [0.2, 0.25) is 0 Å². The quantitative estimate of drug-likeness (QED) is 0.923. The van der Waals surface area contributed by atoms with Crippen molar-refractivity contribution >= 4 is 5.91 Å². The maximum Gasteiger partial charge on any atom is 0.253 e. The molecule has 0 aromatic heterocycles. The highest BCUT2D eigenvalue weighted by atomic mass is 19.1. The van der Waals surface area contributed by atoms with Gasteiger partial charge in [0.2, 0.25) is 0 Å². The summed E-state index contributed by atoms with van der Waals surface area (Å²) in [5, 5.41) is 0. The first-order chi connectivity index (χ1) is 11.1. The van der Waals surface area contributed by atoms with Gasteiger partial charge in [-0.15, -0.1) is 0 Å². The largest absolute Gasteiger partial charge is 0.339 e. The van der Waals surface area contributed by atoms with Crippen molar-refractivity contribution < 1.29 is 9.18 Å². The average molecular weight is 312 g/mol. The highest BCUT2D eigenvalue weighted by molar-refractivity contribution is 5.95. The number of hydrogen-bond acceptors (Lipinski definition) is 2. The maximum absolute atomic E-state index is 13.1. The smallest absolute Gasteiger partial charge is 0.253 e. The number of likely N-dealkylation sites (tertiary alicyclic amines) is 1. The molecular weight excluding hydrogens is 291 g/mol. The fourth-order valence-electron chi connectivity index (χ4n) is 2.98. The topological polar surface area (TPSA) is 46.3 Å². The number of halogens is 1. The van der Waals surface area contributed by atoms with Crippen molar-refractivity contribution in [3.05, 3.63) is 59.9 Å². The molecule has 2 aromatic rings. The molecule has 1 fully saturated rings. The SMILES string of the molecule is NC1CCCN(C(=O)c2cccc(-c3ccc(F)cc3)c2)CC1. The molecule has 3 rings (SSSR count). The molecule has 0 bridgehead atoms. The van der Waals surface area contributed by atoms with Gasteiger partial charge in [0, 0.05) is 24.7 Å². The van der Waals surface area contributed by atoms with Crippen molar-refractivity contribution in [2.24, 2.45) is 5.73 Å². The number of nitrogens with two attached hydrogens (primary N) is 1. The Morgan fingerprint density at radius 1 is 1.04 bits per heavy atom. The second-order valence-electron chi connectivity index (χ2n) is 6.07. The van der Waals surface area contributed by atoms with Crippen molar-refractivity contribution in [1.29, 1.82) is 0 Å². The molecule has 1 aliphatic heterocycles. The summed E-state index contributed by atoms with van der Waals surface area (Å²) >= 11 is 0. The second kappa shape index (κ2) is 6.92. The van der Waals surface area contributed by atoms with E-state index in [1.54, 1.807) is 12.1 Å². The van der Waals surface area contributed by atoms with Crippen LogP contribution in [0.5, 0.6) is 0 Å². The number of benzene rings is 2. The van der Waals surface area contributed by atoms with Gasteiger partial charge < -0.3 is 10.6 Å². The lowest BCUT2D eigenvalue weighted by molar-refractivity contribution is 0.0761. The van der Waals surface area contributed by atoms with Crippen LogP contribution < -0.4 is 5.73 Å². The minimum atomic E-state index is -0.262. The normalized spacial score (nSPS) is 18.5. The molecule has 1 heterocycles. The third-order valence-electron chi connectivity index (χ3n) is 4.35. The number of rotatable bonds is 2. The molecule has 4 heteroatoms. The van der Waals surface area contributed by atoms with E-state index in [0.717, 1.165) is 36.9 Å². The average Bonchev–Trinajstić information content (AvgIpc) is 2.79. The van der Waals surface area contributed by atoms with Crippen molar-refractivity contribution in [2.75, 3.05) is 13.1 Å². The van der Waals surface area contributed by atoms with Crippen LogP contribution in [0.1, 0.15) is 29.6 Å². The van der Waals surface area contributed by atoms with Gasteiger partial charge in [0.15, 0.2) is 0 Å². The summed E-state index contributed by atoms with van der Waals surface area (Å²) in [5.74, 6) is -0.218. The van der Waals surface area contributed by atoms with Gasteiger partial charge in [-0.3, -0.25) is 4.79 Å². The van der Waals surface area contributed by atoms with Gasteiger partial charge in [-0.05, 0) is 54.7 Å². The zero-order valence-electron chi connectivity index (χ0n) is 13.0.